The van der Waals surface area contributed by atoms with Crippen molar-refractivity contribution in [1.29, 1.82) is 0 Å². The number of para-hydroxylation sites is 6. The molecule has 0 radical (unpaired) electrons. The number of hydrogen-bond acceptors (Lipinski definition) is 6. The van der Waals surface area contributed by atoms with Crippen LogP contribution in [0.4, 0.5) is 0 Å². The van der Waals surface area contributed by atoms with Crippen LogP contribution in [0.2, 0.25) is 0 Å². The second-order valence-electron chi connectivity index (χ2n) is 12.0. The molecule has 10 rings (SSSR count). The average Bonchev–Trinajstić information content (AvgIpc) is 3.14. The van der Waals surface area contributed by atoms with E-state index in [2.05, 4.69) is 72.8 Å². The first kappa shape index (κ1) is 26.5. The molecule has 10 aromatic rings. The minimum atomic E-state index is 0.860. The molecule has 0 atom stereocenters. The third kappa shape index (κ3) is 4.50. The maximum Gasteiger partial charge on any atom is 0.0900 e. The number of fused-ring (bicyclic) bond motifs is 6. The van der Waals surface area contributed by atoms with E-state index in [4.69, 9.17) is 29.9 Å². The Morgan fingerprint density at radius 3 is 0.688 bits per heavy atom. The predicted octanol–water partition coefficient (Wildman–Crippen LogP) is 9.98. The van der Waals surface area contributed by atoms with Gasteiger partial charge in [-0.05, 0) is 124 Å². The summed E-state index contributed by atoms with van der Waals surface area (Å²) in [6.45, 7) is 0. The van der Waals surface area contributed by atoms with Crippen LogP contribution >= 0.6 is 0 Å². The van der Waals surface area contributed by atoms with E-state index in [0.29, 0.717) is 0 Å². The SMILES string of the molecule is c1ccc2nc3cc(-c4cc(-c5ccc6nc7ccccc7nc6c5)cc(-c5ccc6nc7ccccc7nc6c5)c4)ccc3nc2c1. The van der Waals surface area contributed by atoms with Gasteiger partial charge in [-0.15, -0.1) is 0 Å². The zero-order chi connectivity index (χ0) is 31.6. The van der Waals surface area contributed by atoms with Crippen LogP contribution in [0.5, 0.6) is 0 Å². The molecule has 6 nitrogen and oxygen atoms in total. The Hall–Kier alpha value is -6.66. The third-order valence-corrected chi connectivity index (χ3v) is 8.95. The lowest BCUT2D eigenvalue weighted by molar-refractivity contribution is 1.39. The Balaban J connectivity index is 1.17. The van der Waals surface area contributed by atoms with Crippen molar-refractivity contribution in [2.75, 3.05) is 0 Å². The molecule has 3 aromatic heterocycles. The second-order valence-corrected chi connectivity index (χ2v) is 12.0. The fourth-order valence-electron chi connectivity index (χ4n) is 6.53. The average molecular weight is 613 g/mol. The van der Waals surface area contributed by atoms with Crippen molar-refractivity contribution in [3.8, 4) is 33.4 Å². The number of hydrogen-bond donors (Lipinski definition) is 0. The first-order valence-electron chi connectivity index (χ1n) is 15.9. The third-order valence-electron chi connectivity index (χ3n) is 8.95. The monoisotopic (exact) mass is 612 g/mol. The van der Waals surface area contributed by atoms with E-state index < -0.39 is 0 Å². The van der Waals surface area contributed by atoms with Gasteiger partial charge in [0.25, 0.3) is 0 Å². The molecule has 222 valence electrons. The summed E-state index contributed by atoms with van der Waals surface area (Å²) in [7, 11) is 0. The molecule has 3 heterocycles. The molecule has 0 aliphatic heterocycles. The van der Waals surface area contributed by atoms with Gasteiger partial charge >= 0.3 is 0 Å². The van der Waals surface area contributed by atoms with Crippen molar-refractivity contribution in [2.24, 2.45) is 0 Å². The van der Waals surface area contributed by atoms with Gasteiger partial charge in [-0.2, -0.15) is 0 Å². The normalized spacial score (nSPS) is 11.8. The zero-order valence-corrected chi connectivity index (χ0v) is 25.5. The van der Waals surface area contributed by atoms with Gasteiger partial charge in [-0.3, -0.25) is 0 Å². The van der Waals surface area contributed by atoms with Gasteiger partial charge in [0.05, 0.1) is 66.2 Å². The summed E-state index contributed by atoms with van der Waals surface area (Å²) in [5, 5.41) is 0. The number of nitrogens with zero attached hydrogens (tertiary/aromatic N) is 6. The van der Waals surface area contributed by atoms with Crippen LogP contribution in [-0.2, 0) is 0 Å². The van der Waals surface area contributed by atoms with Gasteiger partial charge in [-0.25, -0.2) is 29.9 Å². The Morgan fingerprint density at radius 1 is 0.188 bits per heavy atom. The standard InChI is InChI=1S/C42H24N6/c1-4-10-34-31(7-1)43-37-16-13-25(22-40(37)46-34)28-19-29(26-14-17-38-41(23-26)47-35-11-5-2-8-32(35)44-38)21-30(20-28)27-15-18-39-42(24-27)48-36-12-6-3-9-33(36)45-39/h1-24H. The van der Waals surface area contributed by atoms with Gasteiger partial charge in [0, 0.05) is 0 Å². The van der Waals surface area contributed by atoms with E-state index >= 15 is 0 Å². The Kier molecular flexibility index (Phi) is 5.77. The minimum absolute atomic E-state index is 0.860. The lowest BCUT2D eigenvalue weighted by Gasteiger charge is -2.13. The lowest BCUT2D eigenvalue weighted by Crippen LogP contribution is -1.91. The molecule has 6 heteroatoms. The highest BCUT2D eigenvalue weighted by Crippen LogP contribution is 2.36. The number of aromatic nitrogens is 6. The fraction of sp³-hybridized carbons (Fsp3) is 0. The van der Waals surface area contributed by atoms with Gasteiger partial charge in [0.2, 0.25) is 0 Å². The van der Waals surface area contributed by atoms with Crippen molar-refractivity contribution < 1.29 is 0 Å². The van der Waals surface area contributed by atoms with E-state index in [-0.39, 0.29) is 0 Å². The van der Waals surface area contributed by atoms with Gasteiger partial charge in [0.15, 0.2) is 0 Å². The summed E-state index contributed by atoms with van der Waals surface area (Å²) in [6.07, 6.45) is 0. The fourth-order valence-corrected chi connectivity index (χ4v) is 6.53. The Bertz CT molecular complexity index is 2590. The smallest absolute Gasteiger partial charge is 0.0900 e. The molecular formula is C42H24N6. The molecule has 0 spiro atoms. The summed E-state index contributed by atoms with van der Waals surface area (Å²) >= 11 is 0. The first-order chi connectivity index (χ1) is 23.7. The highest BCUT2D eigenvalue weighted by Gasteiger charge is 2.12. The highest BCUT2D eigenvalue weighted by molar-refractivity contribution is 5.94. The molecule has 7 aromatic carbocycles. The summed E-state index contributed by atoms with van der Waals surface area (Å²) in [5.74, 6) is 0. The van der Waals surface area contributed by atoms with Crippen LogP contribution in [0, 0.1) is 0 Å². The molecule has 0 aliphatic rings. The Morgan fingerprint density at radius 2 is 0.417 bits per heavy atom. The number of rotatable bonds is 3. The molecular weight excluding hydrogens is 589 g/mol. The molecule has 0 bridgehead atoms. The summed E-state index contributed by atoms with van der Waals surface area (Å²) in [4.78, 5) is 29.4. The molecule has 0 saturated heterocycles. The summed E-state index contributed by atoms with van der Waals surface area (Å²) in [5.41, 5.74) is 16.9. The van der Waals surface area contributed by atoms with Crippen molar-refractivity contribution in [1.82, 2.24) is 29.9 Å². The van der Waals surface area contributed by atoms with E-state index in [1.165, 1.54) is 0 Å². The van der Waals surface area contributed by atoms with E-state index in [9.17, 15) is 0 Å². The van der Waals surface area contributed by atoms with Crippen molar-refractivity contribution in [2.45, 2.75) is 0 Å². The second kappa shape index (κ2) is 10.4. The van der Waals surface area contributed by atoms with E-state index in [1.54, 1.807) is 0 Å². The first-order valence-corrected chi connectivity index (χ1v) is 15.9. The zero-order valence-electron chi connectivity index (χ0n) is 25.5. The molecule has 0 saturated carbocycles. The number of benzene rings is 7. The van der Waals surface area contributed by atoms with Crippen LogP contribution < -0.4 is 0 Å². The van der Waals surface area contributed by atoms with Crippen molar-refractivity contribution >= 4 is 66.2 Å². The maximum absolute atomic E-state index is 4.95. The molecule has 0 fully saturated rings. The molecule has 0 aliphatic carbocycles. The van der Waals surface area contributed by atoms with Crippen LogP contribution in [0.3, 0.4) is 0 Å². The molecule has 0 amide bonds. The Labute approximate surface area is 274 Å². The van der Waals surface area contributed by atoms with Crippen LogP contribution in [0.25, 0.3) is 99.6 Å². The lowest BCUT2D eigenvalue weighted by atomic mass is 9.93. The van der Waals surface area contributed by atoms with Gasteiger partial charge in [-0.1, -0.05) is 54.6 Å². The van der Waals surface area contributed by atoms with Gasteiger partial charge < -0.3 is 0 Å². The summed E-state index contributed by atoms with van der Waals surface area (Å²) < 4.78 is 0. The molecule has 0 N–H and O–H groups in total. The van der Waals surface area contributed by atoms with Gasteiger partial charge in [0.1, 0.15) is 0 Å². The predicted molar refractivity (Wildman–Crippen MR) is 195 cm³/mol. The minimum Gasteiger partial charge on any atom is -0.245 e. The van der Waals surface area contributed by atoms with Crippen LogP contribution in [-0.4, -0.2) is 29.9 Å². The van der Waals surface area contributed by atoms with Crippen LogP contribution in [0.1, 0.15) is 0 Å². The maximum atomic E-state index is 4.95. The van der Waals surface area contributed by atoms with Crippen molar-refractivity contribution in [3.63, 3.8) is 0 Å². The highest BCUT2D eigenvalue weighted by atomic mass is 14.8. The van der Waals surface area contributed by atoms with E-state index in [1.807, 2.05) is 72.8 Å². The molecule has 48 heavy (non-hydrogen) atoms. The quantitative estimate of drug-likeness (QED) is 0.185. The molecule has 0 unspecified atom stereocenters. The topological polar surface area (TPSA) is 77.3 Å². The van der Waals surface area contributed by atoms with Crippen LogP contribution in [0.15, 0.2) is 146 Å². The summed E-state index contributed by atoms with van der Waals surface area (Å²) in [6, 6.07) is 49.7. The van der Waals surface area contributed by atoms with Crippen molar-refractivity contribution in [3.05, 3.63) is 146 Å². The van der Waals surface area contributed by atoms with E-state index in [0.717, 1.165) is 99.6 Å². The largest absolute Gasteiger partial charge is 0.245 e.